The summed E-state index contributed by atoms with van der Waals surface area (Å²) in [6.07, 6.45) is 6.01. The molecule has 106 valence electrons. The van der Waals surface area contributed by atoms with E-state index < -0.39 is 6.04 Å². The van der Waals surface area contributed by atoms with Crippen LogP contribution in [-0.4, -0.2) is 21.7 Å². The zero-order valence-corrected chi connectivity index (χ0v) is 12.1. The number of aryl methyl sites for hydroxylation is 2. The van der Waals surface area contributed by atoms with Crippen LogP contribution in [-0.2, 0) is 11.8 Å². The Morgan fingerprint density at radius 2 is 2.00 bits per heavy atom. The molecular weight excluding hydrogens is 240 g/mol. The van der Waals surface area contributed by atoms with E-state index in [1.807, 2.05) is 25.6 Å². The van der Waals surface area contributed by atoms with Crippen LogP contribution in [0.2, 0.25) is 0 Å². The molecule has 1 aliphatic rings. The Hall–Kier alpha value is -1.36. The molecule has 0 spiro atoms. The van der Waals surface area contributed by atoms with E-state index in [0.717, 1.165) is 29.8 Å². The number of nitrogens with zero attached hydrogens (tertiary/aromatic N) is 2. The van der Waals surface area contributed by atoms with Gasteiger partial charge in [0.05, 0.1) is 5.69 Å². The number of carbonyl (C=O) groups is 1. The Labute approximate surface area is 114 Å². The number of primary amides is 1. The first-order valence-electron chi connectivity index (χ1n) is 7.06. The van der Waals surface area contributed by atoms with E-state index in [9.17, 15) is 4.79 Å². The van der Waals surface area contributed by atoms with Crippen molar-refractivity contribution in [2.75, 3.05) is 0 Å². The number of hydrogen-bond acceptors (Lipinski definition) is 3. The van der Waals surface area contributed by atoms with Gasteiger partial charge in [0.2, 0.25) is 5.91 Å². The van der Waals surface area contributed by atoms with Gasteiger partial charge in [-0.2, -0.15) is 5.10 Å². The molecule has 1 unspecified atom stereocenters. The van der Waals surface area contributed by atoms with E-state index in [-0.39, 0.29) is 5.91 Å². The Bertz CT molecular complexity index is 460. The standard InChI is InChI=1S/C14H24N4O/c1-9-12(10(2)18(3)17-9)13(14(15)19)16-11-7-5-4-6-8-11/h11,13,16H,4-8H2,1-3H3,(H2,15,19). The SMILES string of the molecule is Cc1nn(C)c(C)c1C(NC1CCCCC1)C(N)=O. The lowest BCUT2D eigenvalue weighted by Gasteiger charge is -2.27. The molecule has 3 N–H and O–H groups in total. The summed E-state index contributed by atoms with van der Waals surface area (Å²) in [5, 5.41) is 7.81. The van der Waals surface area contributed by atoms with E-state index in [2.05, 4.69) is 10.4 Å². The molecule has 1 aromatic heterocycles. The molecule has 0 aliphatic heterocycles. The average Bonchev–Trinajstić information content (AvgIpc) is 2.62. The van der Waals surface area contributed by atoms with Crippen molar-refractivity contribution in [1.29, 1.82) is 0 Å². The van der Waals surface area contributed by atoms with Crippen LogP contribution in [0.4, 0.5) is 0 Å². The fourth-order valence-electron chi connectivity index (χ4n) is 3.02. The predicted molar refractivity (Wildman–Crippen MR) is 74.6 cm³/mol. The van der Waals surface area contributed by atoms with E-state index in [1.54, 1.807) is 0 Å². The summed E-state index contributed by atoms with van der Waals surface area (Å²) in [6.45, 7) is 3.91. The van der Waals surface area contributed by atoms with Crippen LogP contribution in [0.25, 0.3) is 0 Å². The van der Waals surface area contributed by atoms with E-state index >= 15 is 0 Å². The average molecular weight is 264 g/mol. The minimum Gasteiger partial charge on any atom is -0.368 e. The summed E-state index contributed by atoms with van der Waals surface area (Å²) in [7, 11) is 1.89. The molecule has 5 heteroatoms. The van der Waals surface area contributed by atoms with E-state index in [0.29, 0.717) is 6.04 Å². The molecule has 1 aliphatic carbocycles. The highest BCUT2D eigenvalue weighted by molar-refractivity contribution is 5.82. The zero-order valence-electron chi connectivity index (χ0n) is 12.1. The molecule has 0 bridgehead atoms. The normalized spacial score (nSPS) is 18.5. The molecule has 0 radical (unpaired) electrons. The van der Waals surface area contributed by atoms with Gasteiger partial charge in [-0.05, 0) is 26.7 Å². The molecular formula is C14H24N4O. The minimum atomic E-state index is -0.420. The Kier molecular flexibility index (Phi) is 4.24. The molecule has 1 aromatic rings. The second-order valence-electron chi connectivity index (χ2n) is 5.55. The smallest absolute Gasteiger partial charge is 0.239 e. The monoisotopic (exact) mass is 264 g/mol. The van der Waals surface area contributed by atoms with E-state index in [1.165, 1.54) is 19.3 Å². The fourth-order valence-corrected chi connectivity index (χ4v) is 3.02. The molecule has 19 heavy (non-hydrogen) atoms. The second-order valence-corrected chi connectivity index (χ2v) is 5.55. The molecule has 1 fully saturated rings. The second kappa shape index (κ2) is 5.74. The van der Waals surface area contributed by atoms with Crippen LogP contribution in [0.1, 0.15) is 55.1 Å². The maximum Gasteiger partial charge on any atom is 0.239 e. The van der Waals surface area contributed by atoms with Crippen LogP contribution in [0.3, 0.4) is 0 Å². The highest BCUT2D eigenvalue weighted by Gasteiger charge is 2.27. The van der Waals surface area contributed by atoms with Crippen molar-refractivity contribution >= 4 is 5.91 Å². The van der Waals surface area contributed by atoms with E-state index in [4.69, 9.17) is 5.73 Å². The van der Waals surface area contributed by atoms with Gasteiger partial charge in [0, 0.05) is 24.3 Å². The first kappa shape index (κ1) is 14.1. The van der Waals surface area contributed by atoms with Crippen molar-refractivity contribution < 1.29 is 4.79 Å². The van der Waals surface area contributed by atoms with Crippen molar-refractivity contribution in [2.45, 2.75) is 58.0 Å². The van der Waals surface area contributed by atoms with Gasteiger partial charge in [-0.1, -0.05) is 19.3 Å². The number of nitrogens with one attached hydrogen (secondary N) is 1. The first-order chi connectivity index (χ1) is 9.00. The van der Waals surface area contributed by atoms with Gasteiger partial charge in [-0.15, -0.1) is 0 Å². The van der Waals surface area contributed by atoms with Crippen molar-refractivity contribution in [3.05, 3.63) is 17.0 Å². The van der Waals surface area contributed by atoms with Gasteiger partial charge in [0.25, 0.3) is 0 Å². The van der Waals surface area contributed by atoms with Crippen LogP contribution in [0.5, 0.6) is 0 Å². The number of nitrogens with two attached hydrogens (primary N) is 1. The van der Waals surface area contributed by atoms with Crippen molar-refractivity contribution in [2.24, 2.45) is 12.8 Å². The lowest BCUT2D eigenvalue weighted by Crippen LogP contribution is -2.41. The van der Waals surface area contributed by atoms with Gasteiger partial charge in [0.15, 0.2) is 0 Å². The number of rotatable bonds is 4. The fraction of sp³-hybridized carbons (Fsp3) is 0.714. The summed E-state index contributed by atoms with van der Waals surface area (Å²) in [5.74, 6) is -0.315. The quantitative estimate of drug-likeness (QED) is 0.865. The number of amides is 1. The predicted octanol–water partition coefficient (Wildman–Crippen LogP) is 1.49. The number of hydrogen-bond donors (Lipinski definition) is 2. The molecule has 1 saturated carbocycles. The van der Waals surface area contributed by atoms with Crippen molar-refractivity contribution in [3.63, 3.8) is 0 Å². The molecule has 1 atom stereocenters. The number of aromatic nitrogens is 2. The summed E-state index contributed by atoms with van der Waals surface area (Å²) in [6, 6.07) is -0.0259. The van der Waals surface area contributed by atoms with Gasteiger partial charge in [-0.3, -0.25) is 14.8 Å². The highest BCUT2D eigenvalue weighted by Crippen LogP contribution is 2.25. The van der Waals surface area contributed by atoms with Crippen LogP contribution >= 0.6 is 0 Å². The summed E-state index contributed by atoms with van der Waals surface area (Å²) < 4.78 is 1.81. The molecule has 2 rings (SSSR count). The molecule has 5 nitrogen and oxygen atoms in total. The molecule has 0 saturated heterocycles. The number of carbonyl (C=O) groups excluding carboxylic acids is 1. The maximum atomic E-state index is 11.8. The Balaban J connectivity index is 2.22. The van der Waals surface area contributed by atoms with Crippen LogP contribution in [0.15, 0.2) is 0 Å². The van der Waals surface area contributed by atoms with Gasteiger partial charge >= 0.3 is 0 Å². The first-order valence-corrected chi connectivity index (χ1v) is 7.06. The third-order valence-corrected chi connectivity index (χ3v) is 4.15. The Morgan fingerprint density at radius 3 is 2.47 bits per heavy atom. The zero-order chi connectivity index (χ0) is 14.0. The topological polar surface area (TPSA) is 72.9 Å². The largest absolute Gasteiger partial charge is 0.368 e. The van der Waals surface area contributed by atoms with Gasteiger partial charge < -0.3 is 5.73 Å². The highest BCUT2D eigenvalue weighted by atomic mass is 16.1. The lowest BCUT2D eigenvalue weighted by atomic mass is 9.93. The summed E-state index contributed by atoms with van der Waals surface area (Å²) >= 11 is 0. The van der Waals surface area contributed by atoms with Crippen molar-refractivity contribution in [3.8, 4) is 0 Å². The summed E-state index contributed by atoms with van der Waals surface area (Å²) in [5.41, 5.74) is 8.43. The lowest BCUT2D eigenvalue weighted by molar-refractivity contribution is -0.120. The minimum absolute atomic E-state index is 0.315. The summed E-state index contributed by atoms with van der Waals surface area (Å²) in [4.78, 5) is 11.8. The van der Waals surface area contributed by atoms with Crippen LogP contribution in [0, 0.1) is 13.8 Å². The molecule has 1 heterocycles. The van der Waals surface area contributed by atoms with Crippen molar-refractivity contribution in [1.82, 2.24) is 15.1 Å². The Morgan fingerprint density at radius 1 is 1.37 bits per heavy atom. The third kappa shape index (κ3) is 2.97. The van der Waals surface area contributed by atoms with Gasteiger partial charge in [0.1, 0.15) is 6.04 Å². The van der Waals surface area contributed by atoms with Crippen LogP contribution < -0.4 is 11.1 Å². The maximum absolute atomic E-state index is 11.8. The molecule has 1 amide bonds. The molecule has 0 aromatic carbocycles. The van der Waals surface area contributed by atoms with Gasteiger partial charge in [-0.25, -0.2) is 0 Å². The third-order valence-electron chi connectivity index (χ3n) is 4.15.